The van der Waals surface area contributed by atoms with E-state index in [0.29, 0.717) is 9.20 Å². The standard InChI is InChI=1S/C18H17N3O3S/c1-2-24-18(23)14(10-19)17-21(13-8-9-13)16(22)15(25-17)11-20-12-6-4-3-5-7-12/h3-7,11,13,20H,2,8-9H2,1H3/b15-11-,17-14-. The molecule has 0 atom stereocenters. The smallest absolute Gasteiger partial charge is 0.351 e. The maximum Gasteiger partial charge on any atom is 0.351 e. The van der Waals surface area contributed by atoms with E-state index >= 15 is 0 Å². The highest BCUT2D eigenvalue weighted by Crippen LogP contribution is 2.32. The third kappa shape index (κ3) is 3.64. The highest BCUT2D eigenvalue weighted by molar-refractivity contribution is 7.07. The van der Waals surface area contributed by atoms with Gasteiger partial charge >= 0.3 is 5.97 Å². The van der Waals surface area contributed by atoms with Crippen LogP contribution in [-0.2, 0) is 9.53 Å². The van der Waals surface area contributed by atoms with Gasteiger partial charge in [-0.25, -0.2) is 4.79 Å². The Morgan fingerprint density at radius 2 is 2.16 bits per heavy atom. The van der Waals surface area contributed by atoms with Crippen molar-refractivity contribution in [2.24, 2.45) is 0 Å². The maximum absolute atomic E-state index is 12.7. The van der Waals surface area contributed by atoms with Gasteiger partial charge in [0.1, 0.15) is 15.3 Å². The fraction of sp³-hybridized carbons (Fsp3) is 0.278. The quantitative estimate of drug-likeness (QED) is 0.818. The molecule has 7 heteroatoms. The van der Waals surface area contributed by atoms with Crippen molar-refractivity contribution < 1.29 is 9.53 Å². The molecule has 1 aromatic carbocycles. The fourth-order valence-corrected chi connectivity index (χ4v) is 3.48. The van der Waals surface area contributed by atoms with Gasteiger partial charge in [-0.1, -0.05) is 18.2 Å². The first-order valence-corrected chi connectivity index (χ1v) is 8.82. The monoisotopic (exact) mass is 355 g/mol. The molecule has 1 aliphatic rings. The summed E-state index contributed by atoms with van der Waals surface area (Å²) in [5, 5.41) is 12.5. The van der Waals surface area contributed by atoms with Crippen LogP contribution in [0.4, 0.5) is 5.69 Å². The number of carbonyl (C=O) groups is 1. The number of nitrogens with zero attached hydrogens (tertiary/aromatic N) is 2. The zero-order valence-corrected chi connectivity index (χ0v) is 14.5. The summed E-state index contributed by atoms with van der Waals surface area (Å²) in [4.78, 5) is 24.8. The minimum absolute atomic E-state index is 0.0513. The van der Waals surface area contributed by atoms with Crippen molar-refractivity contribution in [1.29, 1.82) is 5.26 Å². The first kappa shape index (κ1) is 17.0. The number of hydrogen-bond donors (Lipinski definition) is 1. The average Bonchev–Trinajstić information content (AvgIpc) is 3.40. The van der Waals surface area contributed by atoms with Crippen molar-refractivity contribution in [3.63, 3.8) is 0 Å². The van der Waals surface area contributed by atoms with Gasteiger partial charge < -0.3 is 10.1 Å². The van der Waals surface area contributed by atoms with Crippen LogP contribution >= 0.6 is 11.3 Å². The number of ether oxygens (including phenoxy) is 1. The van der Waals surface area contributed by atoms with E-state index in [1.807, 2.05) is 36.4 Å². The van der Waals surface area contributed by atoms with Gasteiger partial charge in [-0.15, -0.1) is 11.3 Å². The number of nitrogens with one attached hydrogen (secondary N) is 1. The molecule has 1 fully saturated rings. The molecule has 1 heterocycles. The van der Waals surface area contributed by atoms with E-state index in [2.05, 4.69) is 5.32 Å². The number of nitriles is 1. The molecule has 0 radical (unpaired) electrons. The Labute approximate surface area is 148 Å². The van der Waals surface area contributed by atoms with E-state index < -0.39 is 5.97 Å². The largest absolute Gasteiger partial charge is 0.462 e. The molecule has 0 amide bonds. The van der Waals surface area contributed by atoms with Crippen molar-refractivity contribution in [3.8, 4) is 6.07 Å². The van der Waals surface area contributed by atoms with Crippen molar-refractivity contribution >= 4 is 34.8 Å². The molecule has 3 rings (SSSR count). The Balaban J connectivity index is 2.13. The molecule has 0 spiro atoms. The van der Waals surface area contributed by atoms with Crippen LogP contribution < -0.4 is 20.1 Å². The summed E-state index contributed by atoms with van der Waals surface area (Å²) >= 11 is 1.13. The van der Waals surface area contributed by atoms with Gasteiger partial charge in [-0.3, -0.25) is 9.36 Å². The topological polar surface area (TPSA) is 84.1 Å². The first-order chi connectivity index (χ1) is 12.2. The molecule has 2 aromatic rings. The summed E-state index contributed by atoms with van der Waals surface area (Å²) in [5.41, 5.74) is 0.544. The molecular formula is C18H17N3O3S. The minimum atomic E-state index is -0.691. The Kier molecular flexibility index (Phi) is 5.00. The van der Waals surface area contributed by atoms with Crippen molar-refractivity contribution in [1.82, 2.24) is 4.57 Å². The lowest BCUT2D eigenvalue weighted by Gasteiger charge is -2.01. The highest BCUT2D eigenvalue weighted by atomic mass is 32.1. The Bertz CT molecular complexity index is 995. The highest BCUT2D eigenvalue weighted by Gasteiger charge is 2.28. The molecule has 128 valence electrons. The van der Waals surface area contributed by atoms with Crippen LogP contribution in [-0.4, -0.2) is 17.1 Å². The van der Waals surface area contributed by atoms with E-state index in [1.54, 1.807) is 17.7 Å². The van der Waals surface area contributed by atoms with Gasteiger partial charge in [-0.2, -0.15) is 5.26 Å². The lowest BCUT2D eigenvalue weighted by Crippen LogP contribution is -2.32. The molecule has 25 heavy (non-hydrogen) atoms. The Morgan fingerprint density at radius 1 is 1.44 bits per heavy atom. The summed E-state index contributed by atoms with van der Waals surface area (Å²) < 4.78 is 7.32. The molecule has 0 unspecified atom stereocenters. The number of thiazole rings is 1. The molecule has 1 aromatic heterocycles. The summed E-state index contributed by atoms with van der Waals surface area (Å²) in [6.07, 6.45) is 3.36. The normalized spacial score (nSPS) is 15.4. The zero-order chi connectivity index (χ0) is 17.8. The van der Waals surface area contributed by atoms with Crippen molar-refractivity contribution in [2.45, 2.75) is 25.8 Å². The van der Waals surface area contributed by atoms with E-state index in [0.717, 1.165) is 29.9 Å². The first-order valence-electron chi connectivity index (χ1n) is 8.00. The van der Waals surface area contributed by atoms with Crippen molar-refractivity contribution in [2.75, 3.05) is 11.9 Å². The molecule has 0 aliphatic heterocycles. The number of para-hydroxylation sites is 1. The molecular weight excluding hydrogens is 338 g/mol. The molecule has 0 bridgehead atoms. The molecule has 1 N–H and O–H groups in total. The SMILES string of the molecule is CCOC(=O)/C(C#N)=c1\s/c(=C\Nc2ccccc2)c(=O)n1C1CC1. The molecule has 1 aliphatic carbocycles. The third-order valence-electron chi connectivity index (χ3n) is 3.72. The van der Waals surface area contributed by atoms with Gasteiger partial charge in [0.2, 0.25) is 0 Å². The fourth-order valence-electron chi connectivity index (χ4n) is 2.40. The van der Waals surface area contributed by atoms with Crippen LogP contribution in [0.3, 0.4) is 0 Å². The van der Waals surface area contributed by atoms with Crippen molar-refractivity contribution in [3.05, 3.63) is 49.9 Å². The van der Waals surface area contributed by atoms with Gasteiger partial charge in [0.15, 0.2) is 5.57 Å². The Morgan fingerprint density at radius 3 is 2.76 bits per heavy atom. The van der Waals surface area contributed by atoms with E-state index in [-0.39, 0.29) is 23.8 Å². The molecule has 6 nitrogen and oxygen atoms in total. The van der Waals surface area contributed by atoms with Crippen LogP contribution in [0.15, 0.2) is 35.1 Å². The predicted molar refractivity (Wildman–Crippen MR) is 96.3 cm³/mol. The van der Waals surface area contributed by atoms with Crippen LogP contribution in [0, 0.1) is 11.3 Å². The Hall–Kier alpha value is -2.85. The minimum Gasteiger partial charge on any atom is -0.462 e. The maximum atomic E-state index is 12.7. The molecule has 0 saturated heterocycles. The number of carbonyl (C=O) groups excluding carboxylic acids is 1. The summed E-state index contributed by atoms with van der Waals surface area (Å²) in [5.74, 6) is -0.691. The number of hydrogen-bond acceptors (Lipinski definition) is 6. The van der Waals surface area contributed by atoms with Crippen LogP contribution in [0.25, 0.3) is 11.8 Å². The zero-order valence-electron chi connectivity index (χ0n) is 13.7. The number of benzene rings is 1. The van der Waals surface area contributed by atoms with Gasteiger partial charge in [-0.05, 0) is 31.9 Å². The van der Waals surface area contributed by atoms with Gasteiger partial charge in [0.25, 0.3) is 5.56 Å². The summed E-state index contributed by atoms with van der Waals surface area (Å²) in [7, 11) is 0. The molecule has 1 saturated carbocycles. The van der Waals surface area contributed by atoms with Gasteiger partial charge in [0.05, 0.1) is 6.61 Å². The number of esters is 1. The lowest BCUT2D eigenvalue weighted by atomic mass is 10.3. The number of anilines is 1. The van der Waals surface area contributed by atoms with E-state index in [9.17, 15) is 14.9 Å². The average molecular weight is 355 g/mol. The lowest BCUT2D eigenvalue weighted by molar-refractivity contribution is -0.136. The van der Waals surface area contributed by atoms with Gasteiger partial charge in [0, 0.05) is 17.9 Å². The summed E-state index contributed by atoms with van der Waals surface area (Å²) in [6.45, 7) is 1.86. The second-order valence-corrected chi connectivity index (χ2v) is 6.57. The van der Waals surface area contributed by atoms with E-state index in [4.69, 9.17) is 4.74 Å². The third-order valence-corrected chi connectivity index (χ3v) is 4.82. The van der Waals surface area contributed by atoms with Crippen LogP contribution in [0.5, 0.6) is 0 Å². The summed E-state index contributed by atoms with van der Waals surface area (Å²) in [6, 6.07) is 11.4. The number of rotatable bonds is 5. The predicted octanol–water partition coefficient (Wildman–Crippen LogP) is 1.33. The second-order valence-electron chi connectivity index (χ2n) is 5.54. The van der Waals surface area contributed by atoms with E-state index in [1.165, 1.54) is 0 Å². The second kappa shape index (κ2) is 7.36. The van der Waals surface area contributed by atoms with Crippen LogP contribution in [0.2, 0.25) is 0 Å². The van der Waals surface area contributed by atoms with Crippen LogP contribution in [0.1, 0.15) is 25.8 Å². The number of aromatic nitrogens is 1.